The summed E-state index contributed by atoms with van der Waals surface area (Å²) in [5, 5.41) is 7.30. The van der Waals surface area contributed by atoms with E-state index in [0.29, 0.717) is 30.6 Å². The van der Waals surface area contributed by atoms with Crippen molar-refractivity contribution < 1.29 is 9.59 Å². The number of rotatable bonds is 0. The summed E-state index contributed by atoms with van der Waals surface area (Å²) < 4.78 is 0. The first-order chi connectivity index (χ1) is 18.8. The largest absolute Gasteiger partial charge is 0.365 e. The van der Waals surface area contributed by atoms with Gasteiger partial charge in [-0.05, 0) is 24.3 Å². The van der Waals surface area contributed by atoms with Crippen LogP contribution in [-0.2, 0) is 9.59 Å². The van der Waals surface area contributed by atoms with Crippen LogP contribution in [0.15, 0.2) is 38.0 Å². The van der Waals surface area contributed by atoms with E-state index >= 15 is 0 Å². The molecule has 0 aromatic heterocycles. The van der Waals surface area contributed by atoms with E-state index in [9.17, 15) is 9.59 Å². The Kier molecular flexibility index (Phi) is 5.44. The van der Waals surface area contributed by atoms with Gasteiger partial charge in [0, 0.05) is 77.3 Å². The Morgan fingerprint density at radius 2 is 1.70 bits per heavy atom. The van der Waals surface area contributed by atoms with Crippen LogP contribution in [0.4, 0.5) is 0 Å². The van der Waals surface area contributed by atoms with Crippen molar-refractivity contribution in [1.82, 2.24) is 10.6 Å². The Bertz CT molecular complexity index is 1380. The van der Waals surface area contributed by atoms with Gasteiger partial charge in [-0.25, -0.2) is 0 Å². The molecule has 1 aliphatic carbocycles. The van der Waals surface area contributed by atoms with E-state index in [4.69, 9.17) is 15.0 Å². The summed E-state index contributed by atoms with van der Waals surface area (Å²) in [6.45, 7) is 18.3. The second-order valence-corrected chi connectivity index (χ2v) is 14.9. The lowest BCUT2D eigenvalue weighted by Crippen LogP contribution is -2.58. The Morgan fingerprint density at radius 1 is 0.950 bits per heavy atom. The predicted octanol–water partition coefficient (Wildman–Crippen LogP) is 5.03. The van der Waals surface area contributed by atoms with Gasteiger partial charge in [0.25, 0.3) is 0 Å². The highest BCUT2D eigenvalue weighted by atomic mass is 16.2. The minimum absolute atomic E-state index is 0.0594. The van der Waals surface area contributed by atoms with E-state index < -0.39 is 5.66 Å². The lowest BCUT2D eigenvalue weighted by molar-refractivity contribution is -0.120. The molecule has 7 aliphatic rings. The van der Waals surface area contributed by atoms with E-state index in [2.05, 4.69) is 72.1 Å². The zero-order chi connectivity index (χ0) is 28.5. The molecule has 7 heteroatoms. The number of aliphatic imine (C=N–C) groups is 3. The first-order valence-electron chi connectivity index (χ1n) is 15.6. The second kappa shape index (κ2) is 8.25. The predicted molar refractivity (Wildman–Crippen MR) is 158 cm³/mol. The number of Topliss-reactive ketones (excluding diaryl/α,β-unsaturated/α-hetero) is 1. The zero-order valence-electron chi connectivity index (χ0n) is 25.4. The number of carbonyl (C=O) groups excluding carboxylic acids is 2. The quantitative estimate of drug-likeness (QED) is 0.449. The van der Waals surface area contributed by atoms with Crippen molar-refractivity contribution in [3.8, 4) is 0 Å². The maximum Gasteiger partial charge on any atom is 0.222 e. The summed E-state index contributed by atoms with van der Waals surface area (Å²) in [5.41, 5.74) is 5.28. The van der Waals surface area contributed by atoms with Gasteiger partial charge in [-0.1, -0.05) is 55.4 Å². The summed E-state index contributed by atoms with van der Waals surface area (Å²) >= 11 is 0. The highest BCUT2D eigenvalue weighted by Gasteiger charge is 2.65. The Balaban J connectivity index is 1.44. The monoisotopic (exact) mass is 543 g/mol. The van der Waals surface area contributed by atoms with E-state index in [-0.39, 0.29) is 52.4 Å². The minimum atomic E-state index is -0.547. The Hall–Kier alpha value is -2.57. The van der Waals surface area contributed by atoms with E-state index in [0.717, 1.165) is 47.7 Å². The fourth-order valence-corrected chi connectivity index (χ4v) is 9.13. The molecule has 1 spiro atoms. The average Bonchev–Trinajstić information content (AvgIpc) is 3.55. The molecule has 6 aliphatic heterocycles. The summed E-state index contributed by atoms with van der Waals surface area (Å²) in [6.07, 6.45) is 5.79. The third-order valence-electron chi connectivity index (χ3n) is 12.9. The summed E-state index contributed by atoms with van der Waals surface area (Å²) in [4.78, 5) is 42.5. The molecule has 214 valence electrons. The van der Waals surface area contributed by atoms with Crippen LogP contribution in [0.2, 0.25) is 0 Å². The number of carbonyl (C=O) groups is 2. The van der Waals surface area contributed by atoms with Crippen molar-refractivity contribution in [3.05, 3.63) is 23.0 Å². The summed E-state index contributed by atoms with van der Waals surface area (Å²) in [6, 6.07) is 0.231. The van der Waals surface area contributed by atoms with E-state index in [1.165, 1.54) is 5.71 Å². The number of amides is 1. The molecule has 0 aromatic rings. The minimum Gasteiger partial charge on any atom is -0.365 e. The molecule has 3 fully saturated rings. The Labute approximate surface area is 238 Å². The summed E-state index contributed by atoms with van der Waals surface area (Å²) in [5.74, 6) is 1.85. The standard InChI is InChI=1S/C33H45N5O2/c1-15-16(2)29-28-25(39)10-9-20-17(3)22(36-30(20)28)12-26-31(6,7)18(4)24(34-26)13-33-32(8,14-27(40)38-33)19(5)23(37-33)11-21(15)35-29/h11,15-20,22,24,37H,9-10,12-14H2,1-8H3,(H,38,40)/b23-11-,29-28-/t15-,16-,17-,18+,19+,20-,22?,24?,32-,33+/m0/s1. The number of hydrogen-bond acceptors (Lipinski definition) is 6. The highest BCUT2D eigenvalue weighted by Crippen LogP contribution is 2.57. The van der Waals surface area contributed by atoms with Crippen LogP contribution in [0.1, 0.15) is 87.5 Å². The Morgan fingerprint density at radius 3 is 2.45 bits per heavy atom. The molecule has 1 amide bonds. The average molecular weight is 544 g/mol. The maximum absolute atomic E-state index is 13.5. The van der Waals surface area contributed by atoms with Crippen LogP contribution in [0.5, 0.6) is 0 Å². The fourth-order valence-electron chi connectivity index (χ4n) is 9.13. The lowest BCUT2D eigenvalue weighted by Gasteiger charge is -2.41. The van der Waals surface area contributed by atoms with Crippen LogP contribution in [-0.4, -0.2) is 46.6 Å². The van der Waals surface area contributed by atoms with E-state index in [1.54, 1.807) is 0 Å². The molecule has 7 nitrogen and oxygen atoms in total. The molecule has 2 saturated heterocycles. The van der Waals surface area contributed by atoms with Crippen LogP contribution in [0.3, 0.4) is 0 Å². The van der Waals surface area contributed by atoms with Crippen molar-refractivity contribution in [2.45, 2.75) is 105 Å². The number of fused-ring (bicyclic) bond motifs is 4. The number of hydrogen-bond donors (Lipinski definition) is 2. The van der Waals surface area contributed by atoms with Gasteiger partial charge in [0.15, 0.2) is 5.78 Å². The molecule has 2 unspecified atom stereocenters. The van der Waals surface area contributed by atoms with Crippen molar-refractivity contribution in [2.24, 2.45) is 61.3 Å². The van der Waals surface area contributed by atoms with Gasteiger partial charge in [-0.15, -0.1) is 0 Å². The van der Waals surface area contributed by atoms with Crippen LogP contribution in [0.25, 0.3) is 0 Å². The molecule has 10 atom stereocenters. The lowest BCUT2D eigenvalue weighted by atomic mass is 9.67. The topological polar surface area (TPSA) is 95.3 Å². The van der Waals surface area contributed by atoms with Crippen LogP contribution >= 0.6 is 0 Å². The molecule has 8 bridgehead atoms. The van der Waals surface area contributed by atoms with Gasteiger partial charge < -0.3 is 10.6 Å². The normalized spacial score (nSPS) is 50.0. The van der Waals surface area contributed by atoms with Crippen LogP contribution < -0.4 is 10.6 Å². The SMILES string of the molecule is C[C@@H]1C2=NC(=C3/C(=O)CC[C@@H]4C3=NC(CC3=NC(C[C@@]56NC(=O)C[C@@]5(C)[C@H](C)/C(=C/2)N6)[C@@H](C)C3(C)C)[C@H]4C)/[C@H]1C. The van der Waals surface area contributed by atoms with Gasteiger partial charge in [0.1, 0.15) is 5.66 Å². The molecular formula is C33H45N5O2. The first kappa shape index (κ1) is 26.3. The fraction of sp³-hybridized carbons (Fsp3) is 0.727. The number of ketones is 1. The third kappa shape index (κ3) is 3.26. The summed E-state index contributed by atoms with van der Waals surface area (Å²) in [7, 11) is 0. The molecule has 7 rings (SSSR count). The van der Waals surface area contributed by atoms with E-state index in [1.807, 2.05) is 0 Å². The highest BCUT2D eigenvalue weighted by molar-refractivity contribution is 6.26. The number of nitrogens with one attached hydrogen (secondary N) is 2. The van der Waals surface area contributed by atoms with Crippen LogP contribution in [0, 0.1) is 46.3 Å². The van der Waals surface area contributed by atoms with Gasteiger partial charge >= 0.3 is 0 Å². The molecule has 1 saturated carbocycles. The molecular weight excluding hydrogens is 498 g/mol. The van der Waals surface area contributed by atoms with Crippen molar-refractivity contribution in [1.29, 1.82) is 0 Å². The molecule has 2 N–H and O–H groups in total. The molecule has 40 heavy (non-hydrogen) atoms. The van der Waals surface area contributed by atoms with Gasteiger partial charge in [-0.2, -0.15) is 0 Å². The van der Waals surface area contributed by atoms with Gasteiger partial charge in [-0.3, -0.25) is 24.6 Å². The first-order valence-corrected chi connectivity index (χ1v) is 15.6. The van der Waals surface area contributed by atoms with Gasteiger partial charge in [0.2, 0.25) is 5.91 Å². The van der Waals surface area contributed by atoms with Crippen molar-refractivity contribution in [2.75, 3.05) is 0 Å². The molecule has 0 radical (unpaired) electrons. The zero-order valence-corrected chi connectivity index (χ0v) is 25.4. The smallest absolute Gasteiger partial charge is 0.222 e. The maximum atomic E-state index is 13.5. The van der Waals surface area contributed by atoms with Crippen molar-refractivity contribution >= 4 is 28.8 Å². The molecule has 0 aromatic carbocycles. The van der Waals surface area contributed by atoms with Crippen molar-refractivity contribution in [3.63, 3.8) is 0 Å². The molecule has 6 heterocycles. The number of allylic oxidation sites excluding steroid dienone is 4. The second-order valence-electron chi connectivity index (χ2n) is 14.9. The van der Waals surface area contributed by atoms with Gasteiger partial charge in [0.05, 0.1) is 29.1 Å². The third-order valence-corrected chi connectivity index (χ3v) is 12.9. The number of nitrogens with zero attached hydrogens (tertiary/aromatic N) is 3.